The second kappa shape index (κ2) is 5.33. The number of rotatable bonds is 2. The number of nitrogens with one attached hydrogen (secondary N) is 1. The van der Waals surface area contributed by atoms with Gasteiger partial charge in [-0.1, -0.05) is 17.7 Å². The van der Waals surface area contributed by atoms with Gasteiger partial charge in [-0.05, 0) is 55.3 Å². The molecule has 0 fully saturated rings. The number of halogens is 1. The molecule has 0 heterocycles. The minimum Gasteiger partial charge on any atom is -0.399 e. The minimum atomic E-state index is -0.199. The second-order valence-corrected chi connectivity index (χ2v) is 4.90. The Kier molecular flexibility index (Phi) is 3.76. The molecule has 19 heavy (non-hydrogen) atoms. The predicted molar refractivity (Wildman–Crippen MR) is 79.7 cm³/mol. The molecular weight excluding hydrogens is 260 g/mol. The van der Waals surface area contributed by atoms with E-state index in [0.29, 0.717) is 22.0 Å². The topological polar surface area (TPSA) is 55.1 Å². The lowest BCUT2D eigenvalue weighted by molar-refractivity contribution is 0.102. The highest BCUT2D eigenvalue weighted by Crippen LogP contribution is 2.24. The zero-order valence-electron chi connectivity index (χ0n) is 10.8. The molecule has 4 heteroatoms. The highest BCUT2D eigenvalue weighted by molar-refractivity contribution is 6.34. The van der Waals surface area contributed by atoms with E-state index in [-0.39, 0.29) is 5.91 Å². The Labute approximate surface area is 117 Å². The van der Waals surface area contributed by atoms with Crippen molar-refractivity contribution in [1.29, 1.82) is 0 Å². The van der Waals surface area contributed by atoms with Gasteiger partial charge in [0.1, 0.15) is 0 Å². The Morgan fingerprint density at radius 3 is 2.53 bits per heavy atom. The number of carbonyl (C=O) groups is 1. The normalized spacial score (nSPS) is 10.3. The largest absolute Gasteiger partial charge is 0.399 e. The SMILES string of the molecule is Cc1ccc(C(=O)Nc2cc(N)ccc2Cl)cc1C. The van der Waals surface area contributed by atoms with E-state index >= 15 is 0 Å². The van der Waals surface area contributed by atoms with Gasteiger partial charge in [0.25, 0.3) is 5.91 Å². The summed E-state index contributed by atoms with van der Waals surface area (Å²) in [6, 6.07) is 10.6. The van der Waals surface area contributed by atoms with Gasteiger partial charge < -0.3 is 11.1 Å². The molecule has 98 valence electrons. The van der Waals surface area contributed by atoms with Crippen molar-refractivity contribution < 1.29 is 4.79 Å². The van der Waals surface area contributed by atoms with Crippen molar-refractivity contribution in [1.82, 2.24) is 0 Å². The maximum Gasteiger partial charge on any atom is 0.255 e. The summed E-state index contributed by atoms with van der Waals surface area (Å²) in [5.41, 5.74) is 9.58. The van der Waals surface area contributed by atoms with Crippen molar-refractivity contribution in [3.63, 3.8) is 0 Å². The average molecular weight is 275 g/mol. The number of carbonyl (C=O) groups excluding carboxylic acids is 1. The lowest BCUT2D eigenvalue weighted by Gasteiger charge is -2.09. The Bertz CT molecular complexity index is 638. The maximum absolute atomic E-state index is 12.1. The van der Waals surface area contributed by atoms with Crippen molar-refractivity contribution in [2.75, 3.05) is 11.1 Å². The van der Waals surface area contributed by atoms with Crippen LogP contribution in [0.15, 0.2) is 36.4 Å². The van der Waals surface area contributed by atoms with Crippen LogP contribution < -0.4 is 11.1 Å². The second-order valence-electron chi connectivity index (χ2n) is 4.49. The number of amides is 1. The summed E-state index contributed by atoms with van der Waals surface area (Å²) >= 11 is 6.01. The molecule has 0 atom stereocenters. The number of aryl methyl sites for hydroxylation is 2. The molecule has 0 spiro atoms. The number of hydrogen-bond acceptors (Lipinski definition) is 2. The Hall–Kier alpha value is -2.00. The molecule has 3 nitrogen and oxygen atoms in total. The molecule has 0 aliphatic carbocycles. The van der Waals surface area contributed by atoms with E-state index in [1.54, 1.807) is 24.3 Å². The molecule has 0 aliphatic rings. The van der Waals surface area contributed by atoms with E-state index in [4.69, 9.17) is 17.3 Å². The van der Waals surface area contributed by atoms with Gasteiger partial charge in [-0.3, -0.25) is 4.79 Å². The first kappa shape index (κ1) is 13.4. The average Bonchev–Trinajstić information content (AvgIpc) is 2.37. The van der Waals surface area contributed by atoms with Gasteiger partial charge >= 0.3 is 0 Å². The van der Waals surface area contributed by atoms with Crippen LogP contribution in [-0.2, 0) is 0 Å². The van der Waals surface area contributed by atoms with Gasteiger partial charge in [0.15, 0.2) is 0 Å². The molecular formula is C15H15ClN2O. The summed E-state index contributed by atoms with van der Waals surface area (Å²) in [6.07, 6.45) is 0. The molecule has 0 bridgehead atoms. The summed E-state index contributed by atoms with van der Waals surface area (Å²) in [5.74, 6) is -0.199. The lowest BCUT2D eigenvalue weighted by Crippen LogP contribution is -2.12. The molecule has 0 saturated heterocycles. The fraction of sp³-hybridized carbons (Fsp3) is 0.133. The van der Waals surface area contributed by atoms with Crippen LogP contribution >= 0.6 is 11.6 Å². The molecule has 0 aromatic heterocycles. The molecule has 1 amide bonds. The Morgan fingerprint density at radius 2 is 1.84 bits per heavy atom. The third kappa shape index (κ3) is 3.06. The third-order valence-electron chi connectivity index (χ3n) is 3.01. The fourth-order valence-electron chi connectivity index (χ4n) is 1.72. The van der Waals surface area contributed by atoms with Crippen LogP contribution in [0.5, 0.6) is 0 Å². The van der Waals surface area contributed by atoms with Crippen molar-refractivity contribution in [3.8, 4) is 0 Å². The molecule has 2 rings (SSSR count). The number of nitrogen functional groups attached to an aromatic ring is 1. The van der Waals surface area contributed by atoms with Crippen molar-refractivity contribution in [2.45, 2.75) is 13.8 Å². The van der Waals surface area contributed by atoms with E-state index in [0.717, 1.165) is 11.1 Å². The van der Waals surface area contributed by atoms with E-state index in [2.05, 4.69) is 5.32 Å². The summed E-state index contributed by atoms with van der Waals surface area (Å²) in [7, 11) is 0. The standard InChI is InChI=1S/C15H15ClN2O/c1-9-3-4-11(7-10(9)2)15(19)18-14-8-12(17)5-6-13(14)16/h3-8H,17H2,1-2H3,(H,18,19). The number of anilines is 2. The van der Waals surface area contributed by atoms with Gasteiger partial charge in [0, 0.05) is 11.3 Å². The molecule has 0 unspecified atom stereocenters. The third-order valence-corrected chi connectivity index (χ3v) is 3.34. The van der Waals surface area contributed by atoms with E-state index < -0.39 is 0 Å². The van der Waals surface area contributed by atoms with Crippen molar-refractivity contribution in [2.24, 2.45) is 0 Å². The molecule has 2 aromatic rings. The number of hydrogen-bond donors (Lipinski definition) is 2. The van der Waals surface area contributed by atoms with Crippen LogP contribution in [0, 0.1) is 13.8 Å². The van der Waals surface area contributed by atoms with Crippen LogP contribution in [0.1, 0.15) is 21.5 Å². The molecule has 0 radical (unpaired) electrons. The van der Waals surface area contributed by atoms with Crippen LogP contribution in [0.2, 0.25) is 5.02 Å². The summed E-state index contributed by atoms with van der Waals surface area (Å²) in [5, 5.41) is 3.23. The van der Waals surface area contributed by atoms with Gasteiger partial charge in [0.2, 0.25) is 0 Å². The van der Waals surface area contributed by atoms with E-state index in [9.17, 15) is 4.79 Å². The smallest absolute Gasteiger partial charge is 0.255 e. The summed E-state index contributed by atoms with van der Waals surface area (Å²) in [4.78, 5) is 12.1. The monoisotopic (exact) mass is 274 g/mol. The van der Waals surface area contributed by atoms with Crippen molar-refractivity contribution in [3.05, 3.63) is 58.1 Å². The van der Waals surface area contributed by atoms with Crippen LogP contribution in [0.3, 0.4) is 0 Å². The van der Waals surface area contributed by atoms with Crippen LogP contribution in [0.4, 0.5) is 11.4 Å². The van der Waals surface area contributed by atoms with Gasteiger partial charge in [-0.2, -0.15) is 0 Å². The molecule has 2 aromatic carbocycles. The first-order valence-electron chi connectivity index (χ1n) is 5.91. The van der Waals surface area contributed by atoms with Gasteiger partial charge in [-0.25, -0.2) is 0 Å². The van der Waals surface area contributed by atoms with Gasteiger partial charge in [-0.15, -0.1) is 0 Å². The zero-order chi connectivity index (χ0) is 14.0. The Balaban J connectivity index is 2.25. The Morgan fingerprint density at radius 1 is 1.11 bits per heavy atom. The van der Waals surface area contributed by atoms with Crippen LogP contribution in [-0.4, -0.2) is 5.91 Å². The molecule has 0 saturated carbocycles. The van der Waals surface area contributed by atoms with E-state index in [1.165, 1.54) is 0 Å². The maximum atomic E-state index is 12.1. The quantitative estimate of drug-likeness (QED) is 0.819. The van der Waals surface area contributed by atoms with Gasteiger partial charge in [0.05, 0.1) is 10.7 Å². The highest BCUT2D eigenvalue weighted by Gasteiger charge is 2.09. The van der Waals surface area contributed by atoms with Crippen molar-refractivity contribution >= 4 is 28.9 Å². The lowest BCUT2D eigenvalue weighted by atomic mass is 10.1. The minimum absolute atomic E-state index is 0.199. The van der Waals surface area contributed by atoms with E-state index in [1.807, 2.05) is 26.0 Å². The summed E-state index contributed by atoms with van der Waals surface area (Å²) in [6.45, 7) is 3.98. The first-order valence-corrected chi connectivity index (χ1v) is 6.29. The first-order chi connectivity index (χ1) is 8.97. The van der Waals surface area contributed by atoms with Crippen LogP contribution in [0.25, 0.3) is 0 Å². The molecule has 3 N–H and O–H groups in total. The number of nitrogens with two attached hydrogens (primary N) is 1. The summed E-state index contributed by atoms with van der Waals surface area (Å²) < 4.78 is 0. The predicted octanol–water partition coefficient (Wildman–Crippen LogP) is 3.79. The number of benzene rings is 2. The zero-order valence-corrected chi connectivity index (χ0v) is 11.6. The fourth-order valence-corrected chi connectivity index (χ4v) is 1.88. The molecule has 0 aliphatic heterocycles. The highest BCUT2D eigenvalue weighted by atomic mass is 35.5.